The van der Waals surface area contributed by atoms with Crippen LogP contribution in [0.15, 0.2) is 36.1 Å². The topological polar surface area (TPSA) is 37.3 Å². The number of rotatable bonds is 4. The Hall–Kier alpha value is -1.57. The number of hydrogen-bond acceptors (Lipinski definition) is 2. The fraction of sp³-hybridized carbons (Fsp3) is 0.308. The molecule has 0 fully saturated rings. The van der Waals surface area contributed by atoms with E-state index in [9.17, 15) is 9.90 Å². The van der Waals surface area contributed by atoms with Crippen molar-refractivity contribution in [3.8, 4) is 0 Å². The molecule has 0 aliphatic carbocycles. The van der Waals surface area contributed by atoms with Crippen molar-refractivity contribution >= 4 is 11.9 Å². The fourth-order valence-electron chi connectivity index (χ4n) is 1.26. The number of ketones is 1. The number of aliphatic hydroxyl groups excluding tert-OH is 1. The quantitative estimate of drug-likeness (QED) is 0.604. The molecule has 1 N–H and O–H groups in total. The van der Waals surface area contributed by atoms with Gasteiger partial charge in [0.05, 0.1) is 0 Å². The average molecular weight is 204 g/mol. The lowest BCUT2D eigenvalue weighted by Crippen LogP contribution is -2.05. The smallest absolute Gasteiger partial charge is 0.197 e. The molecular formula is C13H16O2. The predicted molar refractivity (Wildman–Crippen MR) is 61.5 cm³/mol. The summed E-state index contributed by atoms with van der Waals surface area (Å²) < 4.78 is 0. The third-order valence-corrected chi connectivity index (χ3v) is 1.98. The molecule has 1 aromatic rings. The Morgan fingerprint density at radius 3 is 2.47 bits per heavy atom. The maximum atomic E-state index is 11.4. The van der Waals surface area contributed by atoms with Crippen molar-refractivity contribution in [2.45, 2.75) is 20.3 Å². The number of allylic oxidation sites excluding steroid dienone is 1. The summed E-state index contributed by atoms with van der Waals surface area (Å²) in [6.45, 7) is 3.90. The van der Waals surface area contributed by atoms with E-state index in [1.54, 1.807) is 0 Å². The van der Waals surface area contributed by atoms with Gasteiger partial charge in [-0.15, -0.1) is 0 Å². The minimum atomic E-state index is -0.200. The molecule has 0 bridgehead atoms. The van der Waals surface area contributed by atoms with E-state index < -0.39 is 0 Å². The summed E-state index contributed by atoms with van der Waals surface area (Å²) in [5.74, 6) is -0.0902. The van der Waals surface area contributed by atoms with Crippen molar-refractivity contribution in [2.24, 2.45) is 5.92 Å². The number of benzene rings is 1. The van der Waals surface area contributed by atoms with Gasteiger partial charge in [0.2, 0.25) is 0 Å². The standard InChI is InChI=1S/C13H16O2/c1-10(2)8-12(14)13(15)9-11-6-4-3-5-7-11/h3-7,9-10,15H,8H2,1-2H3/b13-9-. The lowest BCUT2D eigenvalue weighted by Gasteiger charge is -2.02. The van der Waals surface area contributed by atoms with Gasteiger partial charge >= 0.3 is 0 Å². The van der Waals surface area contributed by atoms with Gasteiger partial charge in [-0.3, -0.25) is 4.79 Å². The van der Waals surface area contributed by atoms with Gasteiger partial charge < -0.3 is 5.11 Å². The molecule has 0 radical (unpaired) electrons. The Bertz CT molecular complexity index is 350. The van der Waals surface area contributed by atoms with Gasteiger partial charge in [0.25, 0.3) is 0 Å². The summed E-state index contributed by atoms with van der Waals surface area (Å²) in [6, 6.07) is 9.32. The van der Waals surface area contributed by atoms with E-state index in [1.807, 2.05) is 44.2 Å². The number of carbonyl (C=O) groups excluding carboxylic acids is 1. The van der Waals surface area contributed by atoms with Crippen LogP contribution in [0.3, 0.4) is 0 Å². The Morgan fingerprint density at radius 2 is 1.93 bits per heavy atom. The van der Waals surface area contributed by atoms with Crippen LogP contribution in [-0.2, 0) is 4.79 Å². The highest BCUT2D eigenvalue weighted by molar-refractivity contribution is 5.97. The number of hydrogen-bond donors (Lipinski definition) is 1. The van der Waals surface area contributed by atoms with Gasteiger partial charge in [-0.2, -0.15) is 0 Å². The first kappa shape index (κ1) is 11.5. The third-order valence-electron chi connectivity index (χ3n) is 1.98. The Balaban J connectivity index is 2.72. The molecule has 0 unspecified atom stereocenters. The van der Waals surface area contributed by atoms with Gasteiger partial charge in [0.1, 0.15) is 0 Å². The molecule has 80 valence electrons. The zero-order chi connectivity index (χ0) is 11.3. The highest BCUT2D eigenvalue weighted by Gasteiger charge is 2.09. The highest BCUT2D eigenvalue weighted by atomic mass is 16.3. The van der Waals surface area contributed by atoms with Crippen molar-refractivity contribution < 1.29 is 9.90 Å². The normalized spacial score (nSPS) is 11.8. The highest BCUT2D eigenvalue weighted by Crippen LogP contribution is 2.09. The maximum Gasteiger partial charge on any atom is 0.197 e. The molecule has 0 aliphatic heterocycles. The second-order valence-electron chi connectivity index (χ2n) is 3.96. The van der Waals surface area contributed by atoms with Gasteiger partial charge in [-0.05, 0) is 17.6 Å². The van der Waals surface area contributed by atoms with Crippen LogP contribution in [0.4, 0.5) is 0 Å². The van der Waals surface area contributed by atoms with Gasteiger partial charge in [0.15, 0.2) is 11.5 Å². The Kier molecular flexibility index (Phi) is 4.10. The van der Waals surface area contributed by atoms with Crippen molar-refractivity contribution in [1.82, 2.24) is 0 Å². The zero-order valence-electron chi connectivity index (χ0n) is 9.10. The van der Waals surface area contributed by atoms with Crippen LogP contribution in [0, 0.1) is 5.92 Å². The van der Waals surface area contributed by atoms with Crippen molar-refractivity contribution in [1.29, 1.82) is 0 Å². The third kappa shape index (κ3) is 3.98. The first-order valence-corrected chi connectivity index (χ1v) is 5.08. The molecule has 0 heterocycles. The minimum Gasteiger partial charge on any atom is -0.504 e. The van der Waals surface area contributed by atoms with Crippen LogP contribution in [0.25, 0.3) is 6.08 Å². The number of aliphatic hydroxyl groups is 1. The average Bonchev–Trinajstić information content (AvgIpc) is 2.18. The largest absolute Gasteiger partial charge is 0.504 e. The molecule has 15 heavy (non-hydrogen) atoms. The summed E-state index contributed by atoms with van der Waals surface area (Å²) in [5, 5.41) is 9.53. The van der Waals surface area contributed by atoms with Crippen molar-refractivity contribution in [3.05, 3.63) is 41.7 Å². The molecule has 2 heteroatoms. The number of carbonyl (C=O) groups is 1. The van der Waals surface area contributed by atoms with E-state index in [-0.39, 0.29) is 17.5 Å². The minimum absolute atomic E-state index is 0.157. The van der Waals surface area contributed by atoms with Crippen LogP contribution in [0.5, 0.6) is 0 Å². The van der Waals surface area contributed by atoms with Gasteiger partial charge in [-0.25, -0.2) is 0 Å². The van der Waals surface area contributed by atoms with E-state index in [0.717, 1.165) is 5.56 Å². The van der Waals surface area contributed by atoms with Gasteiger partial charge in [0, 0.05) is 6.42 Å². The first-order chi connectivity index (χ1) is 7.09. The summed E-state index contributed by atoms with van der Waals surface area (Å²) >= 11 is 0. The molecule has 0 spiro atoms. The van der Waals surface area contributed by atoms with Crippen LogP contribution < -0.4 is 0 Å². The lowest BCUT2D eigenvalue weighted by molar-refractivity contribution is -0.118. The summed E-state index contributed by atoms with van der Waals surface area (Å²) in [5.41, 5.74) is 0.840. The molecule has 1 aromatic carbocycles. The molecule has 0 saturated heterocycles. The van der Waals surface area contributed by atoms with E-state index in [2.05, 4.69) is 0 Å². The summed E-state index contributed by atoms with van der Waals surface area (Å²) in [4.78, 5) is 11.4. The van der Waals surface area contributed by atoms with Crippen LogP contribution in [0.1, 0.15) is 25.8 Å². The molecule has 0 aromatic heterocycles. The van der Waals surface area contributed by atoms with E-state index in [0.29, 0.717) is 6.42 Å². The first-order valence-electron chi connectivity index (χ1n) is 5.08. The van der Waals surface area contributed by atoms with E-state index in [1.165, 1.54) is 6.08 Å². The monoisotopic (exact) mass is 204 g/mol. The van der Waals surface area contributed by atoms with E-state index in [4.69, 9.17) is 0 Å². The SMILES string of the molecule is CC(C)CC(=O)/C(O)=C/c1ccccc1. The fourth-order valence-corrected chi connectivity index (χ4v) is 1.26. The number of Topliss-reactive ketones (excluding diaryl/α,β-unsaturated/α-hetero) is 1. The second-order valence-corrected chi connectivity index (χ2v) is 3.96. The molecule has 0 saturated carbocycles. The molecule has 0 aliphatic rings. The van der Waals surface area contributed by atoms with Gasteiger partial charge in [-0.1, -0.05) is 44.2 Å². The van der Waals surface area contributed by atoms with Crippen LogP contribution >= 0.6 is 0 Å². The summed E-state index contributed by atoms with van der Waals surface area (Å²) in [6.07, 6.45) is 1.89. The molecule has 0 atom stereocenters. The molecule has 0 amide bonds. The lowest BCUT2D eigenvalue weighted by atomic mass is 10.0. The maximum absolute atomic E-state index is 11.4. The molecule has 1 rings (SSSR count). The second kappa shape index (κ2) is 5.35. The van der Waals surface area contributed by atoms with Crippen LogP contribution in [-0.4, -0.2) is 10.9 Å². The van der Waals surface area contributed by atoms with Crippen molar-refractivity contribution in [3.63, 3.8) is 0 Å². The Labute approximate surface area is 90.3 Å². The van der Waals surface area contributed by atoms with Crippen LogP contribution in [0.2, 0.25) is 0 Å². The molecular weight excluding hydrogens is 188 g/mol. The Morgan fingerprint density at radius 1 is 1.33 bits per heavy atom. The molecule has 2 nitrogen and oxygen atoms in total. The predicted octanol–water partition coefficient (Wildman–Crippen LogP) is 3.20. The summed E-state index contributed by atoms with van der Waals surface area (Å²) in [7, 11) is 0. The van der Waals surface area contributed by atoms with Crippen molar-refractivity contribution in [2.75, 3.05) is 0 Å². The zero-order valence-corrected chi connectivity index (χ0v) is 9.10. The van der Waals surface area contributed by atoms with E-state index >= 15 is 0 Å².